The molecule has 3 aromatic rings. The maximum Gasteiger partial charge on any atom is 0.124 e. The minimum atomic E-state index is 0.871. The SMILES string of the molecule is CC1CCN(c2ccc(-c3nc4ccc(I)cc4s3)cc2)CC1. The van der Waals surface area contributed by atoms with Crippen molar-refractivity contribution in [3.63, 3.8) is 0 Å². The smallest absolute Gasteiger partial charge is 0.124 e. The van der Waals surface area contributed by atoms with Crippen LogP contribution in [0.4, 0.5) is 5.69 Å². The second kappa shape index (κ2) is 6.40. The van der Waals surface area contributed by atoms with Gasteiger partial charge in [0.2, 0.25) is 0 Å². The molecule has 0 spiro atoms. The van der Waals surface area contributed by atoms with E-state index >= 15 is 0 Å². The number of rotatable bonds is 2. The predicted octanol–water partition coefficient (Wildman–Crippen LogP) is 5.80. The third-order valence-corrected chi connectivity index (χ3v) is 6.35. The van der Waals surface area contributed by atoms with E-state index in [9.17, 15) is 0 Å². The van der Waals surface area contributed by atoms with Gasteiger partial charge in [-0.2, -0.15) is 0 Å². The van der Waals surface area contributed by atoms with Gasteiger partial charge in [0, 0.05) is 27.9 Å². The second-order valence-electron chi connectivity index (χ2n) is 6.35. The summed E-state index contributed by atoms with van der Waals surface area (Å²) in [6, 6.07) is 15.4. The van der Waals surface area contributed by atoms with E-state index in [1.165, 1.54) is 45.5 Å². The first-order valence-corrected chi connectivity index (χ1v) is 10.00. The van der Waals surface area contributed by atoms with Gasteiger partial charge in [-0.1, -0.05) is 6.92 Å². The van der Waals surface area contributed by atoms with E-state index in [-0.39, 0.29) is 0 Å². The van der Waals surface area contributed by atoms with Crippen LogP contribution in [0.2, 0.25) is 0 Å². The summed E-state index contributed by atoms with van der Waals surface area (Å²) in [5.41, 5.74) is 3.66. The normalized spacial score (nSPS) is 16.2. The Bertz CT molecular complexity index is 817. The molecule has 2 nitrogen and oxygen atoms in total. The minimum Gasteiger partial charge on any atom is -0.372 e. The highest BCUT2D eigenvalue weighted by Gasteiger charge is 2.16. The van der Waals surface area contributed by atoms with Gasteiger partial charge in [-0.3, -0.25) is 0 Å². The van der Waals surface area contributed by atoms with Crippen molar-refractivity contribution in [2.75, 3.05) is 18.0 Å². The summed E-state index contributed by atoms with van der Waals surface area (Å²) in [6.45, 7) is 4.72. The number of hydrogen-bond donors (Lipinski definition) is 0. The van der Waals surface area contributed by atoms with Crippen LogP contribution in [0.15, 0.2) is 42.5 Å². The van der Waals surface area contributed by atoms with Crippen molar-refractivity contribution in [2.45, 2.75) is 19.8 Å². The van der Waals surface area contributed by atoms with Crippen LogP contribution in [0.1, 0.15) is 19.8 Å². The van der Waals surface area contributed by atoms with Gasteiger partial charge in [-0.05, 0) is 83.8 Å². The Balaban J connectivity index is 1.59. The van der Waals surface area contributed by atoms with Crippen molar-refractivity contribution in [3.05, 3.63) is 46.0 Å². The summed E-state index contributed by atoms with van der Waals surface area (Å²) in [4.78, 5) is 7.28. The number of aromatic nitrogens is 1. The molecule has 4 rings (SSSR count). The maximum absolute atomic E-state index is 4.78. The zero-order valence-corrected chi connectivity index (χ0v) is 16.1. The lowest BCUT2D eigenvalue weighted by Gasteiger charge is -2.32. The molecule has 0 N–H and O–H groups in total. The molecule has 1 aromatic heterocycles. The van der Waals surface area contributed by atoms with Crippen molar-refractivity contribution in [1.82, 2.24) is 4.98 Å². The number of thiazole rings is 1. The van der Waals surface area contributed by atoms with Gasteiger partial charge in [0.25, 0.3) is 0 Å². The molecule has 1 saturated heterocycles. The van der Waals surface area contributed by atoms with Crippen LogP contribution in [-0.4, -0.2) is 18.1 Å². The molecule has 1 fully saturated rings. The Hall–Kier alpha value is -1.14. The standard InChI is InChI=1S/C19H19IN2S/c1-13-8-10-22(11-9-13)16-5-2-14(3-6-16)19-21-17-7-4-15(20)12-18(17)23-19/h2-7,12-13H,8-11H2,1H3. The lowest BCUT2D eigenvalue weighted by Crippen LogP contribution is -2.32. The number of fused-ring (bicyclic) bond motifs is 1. The molecule has 118 valence electrons. The lowest BCUT2D eigenvalue weighted by atomic mass is 9.99. The molecule has 23 heavy (non-hydrogen) atoms. The second-order valence-corrected chi connectivity index (χ2v) is 8.62. The molecule has 0 unspecified atom stereocenters. The highest BCUT2D eigenvalue weighted by molar-refractivity contribution is 14.1. The van der Waals surface area contributed by atoms with Crippen LogP contribution in [0.3, 0.4) is 0 Å². The Morgan fingerprint density at radius 2 is 1.83 bits per heavy atom. The van der Waals surface area contributed by atoms with E-state index in [1.807, 2.05) is 0 Å². The average molecular weight is 434 g/mol. The van der Waals surface area contributed by atoms with Gasteiger partial charge >= 0.3 is 0 Å². The first-order chi connectivity index (χ1) is 11.2. The van der Waals surface area contributed by atoms with E-state index in [0.717, 1.165) is 16.4 Å². The van der Waals surface area contributed by atoms with E-state index in [1.54, 1.807) is 11.3 Å². The largest absolute Gasteiger partial charge is 0.372 e. The number of piperidine rings is 1. The first-order valence-electron chi connectivity index (χ1n) is 8.10. The molecule has 0 radical (unpaired) electrons. The fourth-order valence-corrected chi connectivity index (χ4v) is 4.82. The third-order valence-electron chi connectivity index (χ3n) is 4.61. The highest BCUT2D eigenvalue weighted by atomic mass is 127. The van der Waals surface area contributed by atoms with Crippen LogP contribution in [0.5, 0.6) is 0 Å². The summed E-state index contributed by atoms with van der Waals surface area (Å²) in [7, 11) is 0. The highest BCUT2D eigenvalue weighted by Crippen LogP contribution is 2.32. The molecule has 0 aliphatic carbocycles. The van der Waals surface area contributed by atoms with Gasteiger partial charge in [0.05, 0.1) is 10.2 Å². The maximum atomic E-state index is 4.78. The van der Waals surface area contributed by atoms with Crippen molar-refractivity contribution in [1.29, 1.82) is 0 Å². The Kier molecular flexibility index (Phi) is 4.28. The van der Waals surface area contributed by atoms with Crippen molar-refractivity contribution < 1.29 is 0 Å². The van der Waals surface area contributed by atoms with Gasteiger partial charge in [0.15, 0.2) is 0 Å². The summed E-state index contributed by atoms with van der Waals surface area (Å²) < 4.78 is 2.53. The third kappa shape index (κ3) is 3.24. The monoisotopic (exact) mass is 434 g/mol. The van der Waals surface area contributed by atoms with Crippen LogP contribution in [-0.2, 0) is 0 Å². The Labute approximate surface area is 154 Å². The minimum absolute atomic E-state index is 0.871. The average Bonchev–Trinajstić information content (AvgIpc) is 2.99. The van der Waals surface area contributed by atoms with Gasteiger partial charge < -0.3 is 4.90 Å². The van der Waals surface area contributed by atoms with E-state index in [4.69, 9.17) is 4.98 Å². The molecule has 0 saturated carbocycles. The molecule has 0 bridgehead atoms. The van der Waals surface area contributed by atoms with Crippen molar-refractivity contribution in [2.24, 2.45) is 5.92 Å². The number of benzene rings is 2. The van der Waals surface area contributed by atoms with Gasteiger partial charge in [0.1, 0.15) is 5.01 Å². The van der Waals surface area contributed by atoms with E-state index < -0.39 is 0 Å². The molecule has 0 atom stereocenters. The zero-order chi connectivity index (χ0) is 15.8. The first kappa shape index (κ1) is 15.4. The number of nitrogens with zero attached hydrogens (tertiary/aromatic N) is 2. The van der Waals surface area contributed by atoms with E-state index in [0.29, 0.717) is 0 Å². The fraction of sp³-hybridized carbons (Fsp3) is 0.316. The molecule has 1 aliphatic heterocycles. The van der Waals surface area contributed by atoms with Crippen molar-refractivity contribution in [3.8, 4) is 10.6 Å². The van der Waals surface area contributed by atoms with Gasteiger partial charge in [-0.25, -0.2) is 4.98 Å². The molecule has 0 amide bonds. The number of anilines is 1. The van der Waals surface area contributed by atoms with E-state index in [2.05, 4.69) is 76.9 Å². The quantitative estimate of drug-likeness (QED) is 0.474. The summed E-state index contributed by atoms with van der Waals surface area (Å²) >= 11 is 4.13. The topological polar surface area (TPSA) is 16.1 Å². The van der Waals surface area contributed by atoms with Crippen LogP contribution in [0, 0.1) is 9.49 Å². The summed E-state index contributed by atoms with van der Waals surface area (Å²) in [6.07, 6.45) is 2.61. The molecule has 2 heterocycles. The van der Waals surface area contributed by atoms with Gasteiger partial charge in [-0.15, -0.1) is 11.3 Å². The molecular formula is C19H19IN2S. The molecule has 4 heteroatoms. The molecule has 2 aromatic carbocycles. The van der Waals surface area contributed by atoms with Crippen LogP contribution in [0.25, 0.3) is 20.8 Å². The fourth-order valence-electron chi connectivity index (χ4n) is 3.10. The predicted molar refractivity (Wildman–Crippen MR) is 108 cm³/mol. The van der Waals surface area contributed by atoms with Crippen molar-refractivity contribution >= 4 is 49.8 Å². The lowest BCUT2D eigenvalue weighted by molar-refractivity contribution is 0.438. The number of halogens is 1. The number of hydrogen-bond acceptors (Lipinski definition) is 3. The zero-order valence-electron chi connectivity index (χ0n) is 13.1. The summed E-state index contributed by atoms with van der Waals surface area (Å²) in [5, 5.41) is 1.11. The molecule has 1 aliphatic rings. The Morgan fingerprint density at radius 3 is 2.57 bits per heavy atom. The van der Waals surface area contributed by atoms with Crippen LogP contribution < -0.4 is 4.90 Å². The Morgan fingerprint density at radius 1 is 1.09 bits per heavy atom. The molecular weight excluding hydrogens is 415 g/mol. The summed E-state index contributed by atoms with van der Waals surface area (Å²) in [5.74, 6) is 0.871. The van der Waals surface area contributed by atoms with Crippen LogP contribution >= 0.6 is 33.9 Å².